The zero-order valence-corrected chi connectivity index (χ0v) is 12.9. The molecule has 0 aliphatic rings. The molecule has 0 radical (unpaired) electrons. The van der Waals surface area contributed by atoms with E-state index in [1.54, 1.807) is 0 Å². The van der Waals surface area contributed by atoms with E-state index in [1.807, 2.05) is 11.3 Å². The van der Waals surface area contributed by atoms with Gasteiger partial charge in [-0.1, -0.05) is 26.0 Å². The first kappa shape index (κ1) is 13.1. The number of aryl methyl sites for hydroxylation is 1. The van der Waals surface area contributed by atoms with Crippen molar-refractivity contribution in [1.29, 1.82) is 0 Å². The second kappa shape index (κ2) is 5.51. The SMILES string of the molecule is Cc1c(CNCC(C)C)sc2c(Br)cccc12. The molecule has 92 valence electrons. The van der Waals surface area contributed by atoms with E-state index in [2.05, 4.69) is 60.2 Å². The minimum atomic E-state index is 0.705. The van der Waals surface area contributed by atoms with Crippen LogP contribution in [0.25, 0.3) is 10.1 Å². The first-order valence-electron chi connectivity index (χ1n) is 5.96. The number of thiophene rings is 1. The molecule has 3 heteroatoms. The molecule has 1 N–H and O–H groups in total. The van der Waals surface area contributed by atoms with Gasteiger partial charge in [0.25, 0.3) is 0 Å². The summed E-state index contributed by atoms with van der Waals surface area (Å²) in [5.41, 5.74) is 1.42. The highest BCUT2D eigenvalue weighted by atomic mass is 79.9. The second-order valence-corrected chi connectivity index (χ2v) is 6.75. The first-order valence-corrected chi connectivity index (χ1v) is 7.57. The molecule has 0 fully saturated rings. The molecular weight excluding hydrogens is 294 g/mol. The fourth-order valence-electron chi connectivity index (χ4n) is 1.90. The van der Waals surface area contributed by atoms with E-state index in [1.165, 1.54) is 25.0 Å². The van der Waals surface area contributed by atoms with Gasteiger partial charge in [0.15, 0.2) is 0 Å². The van der Waals surface area contributed by atoms with Gasteiger partial charge >= 0.3 is 0 Å². The van der Waals surface area contributed by atoms with E-state index in [0.29, 0.717) is 5.92 Å². The smallest absolute Gasteiger partial charge is 0.0491 e. The molecule has 0 aliphatic carbocycles. The molecular formula is C14H18BrNS. The van der Waals surface area contributed by atoms with E-state index < -0.39 is 0 Å². The lowest BCUT2D eigenvalue weighted by atomic mass is 10.1. The molecule has 1 heterocycles. The number of nitrogens with one attached hydrogen (secondary N) is 1. The van der Waals surface area contributed by atoms with Crippen molar-refractivity contribution in [3.05, 3.63) is 33.1 Å². The molecule has 1 nitrogen and oxygen atoms in total. The van der Waals surface area contributed by atoms with Crippen molar-refractivity contribution < 1.29 is 0 Å². The van der Waals surface area contributed by atoms with Crippen LogP contribution in [0.4, 0.5) is 0 Å². The fourth-order valence-corrected chi connectivity index (χ4v) is 3.69. The van der Waals surface area contributed by atoms with Crippen molar-refractivity contribution in [3.63, 3.8) is 0 Å². The normalized spacial score (nSPS) is 11.6. The Kier molecular flexibility index (Phi) is 4.23. The molecule has 0 atom stereocenters. The first-order chi connectivity index (χ1) is 8.09. The predicted molar refractivity (Wildman–Crippen MR) is 80.8 cm³/mol. The zero-order valence-electron chi connectivity index (χ0n) is 10.5. The summed E-state index contributed by atoms with van der Waals surface area (Å²) >= 11 is 5.52. The lowest BCUT2D eigenvalue weighted by Gasteiger charge is -2.06. The Balaban J connectivity index is 2.23. The molecule has 0 bridgehead atoms. The van der Waals surface area contributed by atoms with Crippen LogP contribution in [0.5, 0.6) is 0 Å². The fraction of sp³-hybridized carbons (Fsp3) is 0.429. The number of halogens is 1. The summed E-state index contributed by atoms with van der Waals surface area (Å²) in [5.74, 6) is 0.705. The van der Waals surface area contributed by atoms with Gasteiger partial charge in [0, 0.05) is 20.6 Å². The molecule has 0 unspecified atom stereocenters. The van der Waals surface area contributed by atoms with Crippen LogP contribution in [0.2, 0.25) is 0 Å². The largest absolute Gasteiger partial charge is 0.312 e. The Bertz CT molecular complexity index is 516. The van der Waals surface area contributed by atoms with Crippen molar-refractivity contribution in [2.45, 2.75) is 27.3 Å². The zero-order chi connectivity index (χ0) is 12.4. The van der Waals surface area contributed by atoms with Gasteiger partial charge in [-0.2, -0.15) is 0 Å². The lowest BCUT2D eigenvalue weighted by Crippen LogP contribution is -2.18. The number of rotatable bonds is 4. The number of hydrogen-bond acceptors (Lipinski definition) is 2. The maximum atomic E-state index is 3.63. The standard InChI is InChI=1S/C14H18BrNS/c1-9(2)7-16-8-13-10(3)11-5-4-6-12(15)14(11)17-13/h4-6,9,16H,7-8H2,1-3H3. The highest BCUT2D eigenvalue weighted by Crippen LogP contribution is 2.35. The van der Waals surface area contributed by atoms with Gasteiger partial charge in [-0.15, -0.1) is 11.3 Å². The van der Waals surface area contributed by atoms with Gasteiger partial charge < -0.3 is 5.32 Å². The van der Waals surface area contributed by atoms with Crippen molar-refractivity contribution in [1.82, 2.24) is 5.32 Å². The Morgan fingerprint density at radius 3 is 2.76 bits per heavy atom. The van der Waals surface area contributed by atoms with Crippen LogP contribution in [0, 0.1) is 12.8 Å². The Morgan fingerprint density at radius 1 is 1.35 bits per heavy atom. The summed E-state index contributed by atoms with van der Waals surface area (Å²) in [6, 6.07) is 6.43. The van der Waals surface area contributed by atoms with Crippen LogP contribution in [0.15, 0.2) is 22.7 Å². The summed E-state index contributed by atoms with van der Waals surface area (Å²) in [6.07, 6.45) is 0. The average Bonchev–Trinajstić information content (AvgIpc) is 2.58. The summed E-state index contributed by atoms with van der Waals surface area (Å²) in [7, 11) is 0. The van der Waals surface area contributed by atoms with E-state index in [9.17, 15) is 0 Å². The summed E-state index contributed by atoms with van der Waals surface area (Å²) < 4.78 is 2.57. The molecule has 0 aliphatic heterocycles. The van der Waals surface area contributed by atoms with Crippen LogP contribution in [0.3, 0.4) is 0 Å². The topological polar surface area (TPSA) is 12.0 Å². The molecule has 17 heavy (non-hydrogen) atoms. The second-order valence-electron chi connectivity index (χ2n) is 4.79. The highest BCUT2D eigenvalue weighted by molar-refractivity contribution is 9.10. The Hall–Kier alpha value is -0.380. The van der Waals surface area contributed by atoms with Gasteiger partial charge in [-0.25, -0.2) is 0 Å². The molecule has 0 saturated carbocycles. The van der Waals surface area contributed by atoms with E-state index >= 15 is 0 Å². The van der Waals surface area contributed by atoms with Crippen LogP contribution >= 0.6 is 27.3 Å². The monoisotopic (exact) mass is 311 g/mol. The minimum Gasteiger partial charge on any atom is -0.312 e. The average molecular weight is 312 g/mol. The van der Waals surface area contributed by atoms with Gasteiger partial charge in [-0.05, 0) is 52.3 Å². The third kappa shape index (κ3) is 2.90. The van der Waals surface area contributed by atoms with E-state index in [-0.39, 0.29) is 0 Å². The molecule has 2 aromatic rings. The summed E-state index contributed by atoms with van der Waals surface area (Å²) in [6.45, 7) is 8.76. The Labute approximate surface area is 115 Å². The van der Waals surface area contributed by atoms with Crippen LogP contribution in [-0.2, 0) is 6.54 Å². The van der Waals surface area contributed by atoms with Gasteiger partial charge in [-0.3, -0.25) is 0 Å². The Morgan fingerprint density at radius 2 is 2.12 bits per heavy atom. The number of benzene rings is 1. The van der Waals surface area contributed by atoms with Crippen molar-refractivity contribution in [2.75, 3.05) is 6.54 Å². The predicted octanol–water partition coefficient (Wildman–Crippen LogP) is 4.72. The van der Waals surface area contributed by atoms with Crippen molar-refractivity contribution >= 4 is 37.4 Å². The van der Waals surface area contributed by atoms with Gasteiger partial charge in [0.05, 0.1) is 0 Å². The molecule has 0 spiro atoms. The summed E-state index contributed by atoms with van der Waals surface area (Å²) in [5, 5.41) is 4.90. The third-order valence-corrected chi connectivity index (χ3v) is 5.12. The third-order valence-electron chi connectivity index (χ3n) is 2.85. The molecule has 1 aromatic carbocycles. The van der Waals surface area contributed by atoms with E-state index in [0.717, 1.165) is 13.1 Å². The minimum absolute atomic E-state index is 0.705. The highest BCUT2D eigenvalue weighted by Gasteiger charge is 2.09. The van der Waals surface area contributed by atoms with Crippen LogP contribution < -0.4 is 5.32 Å². The molecule has 1 aromatic heterocycles. The summed E-state index contributed by atoms with van der Waals surface area (Å²) in [4.78, 5) is 1.45. The van der Waals surface area contributed by atoms with Gasteiger partial charge in [0.2, 0.25) is 0 Å². The van der Waals surface area contributed by atoms with E-state index in [4.69, 9.17) is 0 Å². The maximum absolute atomic E-state index is 3.63. The quantitative estimate of drug-likeness (QED) is 0.861. The van der Waals surface area contributed by atoms with Crippen LogP contribution in [0.1, 0.15) is 24.3 Å². The lowest BCUT2D eigenvalue weighted by molar-refractivity contribution is 0.554. The number of hydrogen-bond donors (Lipinski definition) is 1. The van der Waals surface area contributed by atoms with Gasteiger partial charge in [0.1, 0.15) is 0 Å². The molecule has 0 amide bonds. The van der Waals surface area contributed by atoms with Crippen molar-refractivity contribution in [2.24, 2.45) is 5.92 Å². The number of fused-ring (bicyclic) bond motifs is 1. The maximum Gasteiger partial charge on any atom is 0.0491 e. The van der Waals surface area contributed by atoms with Crippen molar-refractivity contribution in [3.8, 4) is 0 Å². The molecule has 2 rings (SSSR count). The molecule has 0 saturated heterocycles. The van der Waals surface area contributed by atoms with Crippen LogP contribution in [-0.4, -0.2) is 6.54 Å².